The minimum Gasteiger partial charge on any atom is -0.365 e. The summed E-state index contributed by atoms with van der Waals surface area (Å²) in [7, 11) is 0. The minimum absolute atomic E-state index is 0.0527. The molecule has 178 valence electrons. The van der Waals surface area contributed by atoms with Gasteiger partial charge in [-0.1, -0.05) is 60.2 Å². The molecule has 0 spiro atoms. The second-order valence-electron chi connectivity index (χ2n) is 9.20. The highest BCUT2D eigenvalue weighted by atomic mass is 35.5. The quantitative estimate of drug-likeness (QED) is 0.314. The molecule has 31 heavy (non-hydrogen) atoms. The average molecular weight is 544 g/mol. The Kier molecular flexibility index (Phi) is 13.0. The molecular weight excluding hydrogens is 510 g/mol. The molecule has 11 heteroatoms. The molecular formula is C20H34ClN3O2S5. The van der Waals surface area contributed by atoms with E-state index in [0.717, 1.165) is 38.0 Å². The SMILES string of the molecule is CC(=O)Cl.CC(=O)N1C(=S)CCC1(C)C.CC1(C)CSC(=S)N1.CC1(C)CSC(=S)N1. The van der Waals surface area contributed by atoms with Crippen molar-refractivity contribution in [3.63, 3.8) is 0 Å². The van der Waals surface area contributed by atoms with E-state index in [4.69, 9.17) is 36.7 Å². The van der Waals surface area contributed by atoms with E-state index >= 15 is 0 Å². The van der Waals surface area contributed by atoms with Crippen molar-refractivity contribution in [1.82, 2.24) is 15.5 Å². The zero-order valence-electron chi connectivity index (χ0n) is 19.5. The van der Waals surface area contributed by atoms with Crippen molar-refractivity contribution in [2.75, 3.05) is 11.5 Å². The highest BCUT2D eigenvalue weighted by Gasteiger charge is 2.37. The first-order valence-corrected chi connectivity index (χ1v) is 13.4. The highest BCUT2D eigenvalue weighted by Crippen LogP contribution is 2.30. The molecule has 3 aliphatic rings. The number of likely N-dealkylation sites (tertiary alicyclic amines) is 1. The normalized spacial score (nSPS) is 22.0. The summed E-state index contributed by atoms with van der Waals surface area (Å²) in [6, 6.07) is 0. The van der Waals surface area contributed by atoms with Gasteiger partial charge in [0.2, 0.25) is 11.1 Å². The predicted molar refractivity (Wildman–Crippen MR) is 150 cm³/mol. The molecule has 2 N–H and O–H groups in total. The van der Waals surface area contributed by atoms with Gasteiger partial charge in [-0.15, -0.1) is 0 Å². The number of rotatable bonds is 0. The van der Waals surface area contributed by atoms with Crippen molar-refractivity contribution in [2.45, 2.75) is 84.8 Å². The maximum Gasteiger partial charge on any atom is 0.224 e. The van der Waals surface area contributed by atoms with Crippen LogP contribution in [0.4, 0.5) is 0 Å². The van der Waals surface area contributed by atoms with Gasteiger partial charge in [0.25, 0.3) is 0 Å². The predicted octanol–water partition coefficient (Wildman–Crippen LogP) is 5.28. The topological polar surface area (TPSA) is 61.4 Å². The number of hydrogen-bond acceptors (Lipinski definition) is 7. The van der Waals surface area contributed by atoms with Crippen LogP contribution in [0.15, 0.2) is 0 Å². The summed E-state index contributed by atoms with van der Waals surface area (Å²) in [5.41, 5.74) is 0.423. The van der Waals surface area contributed by atoms with Crippen molar-refractivity contribution in [2.24, 2.45) is 0 Å². The van der Waals surface area contributed by atoms with Gasteiger partial charge in [-0.05, 0) is 59.6 Å². The molecule has 0 aromatic carbocycles. The Balaban J connectivity index is 0.000000407. The summed E-state index contributed by atoms with van der Waals surface area (Å²) >= 11 is 23.0. The Bertz CT molecular complexity index is 677. The number of carbonyl (C=O) groups excluding carboxylic acids is 2. The minimum atomic E-state index is -0.361. The lowest BCUT2D eigenvalue weighted by atomic mass is 10.0. The number of halogens is 1. The Morgan fingerprint density at radius 2 is 1.26 bits per heavy atom. The third kappa shape index (κ3) is 13.3. The number of thioether (sulfide) groups is 2. The lowest BCUT2D eigenvalue weighted by Gasteiger charge is -2.29. The van der Waals surface area contributed by atoms with E-state index in [1.807, 2.05) is 13.8 Å². The molecule has 0 bridgehead atoms. The van der Waals surface area contributed by atoms with Crippen LogP contribution in [0.2, 0.25) is 0 Å². The Labute approximate surface area is 216 Å². The van der Waals surface area contributed by atoms with Crippen molar-refractivity contribution >= 4 is 96.6 Å². The molecule has 3 fully saturated rings. The molecule has 3 aliphatic heterocycles. The fourth-order valence-electron chi connectivity index (χ4n) is 2.76. The molecule has 0 unspecified atom stereocenters. The number of amides is 1. The third-order valence-corrected chi connectivity index (χ3v) is 7.89. The van der Waals surface area contributed by atoms with Crippen LogP contribution in [0, 0.1) is 0 Å². The van der Waals surface area contributed by atoms with E-state index in [1.165, 1.54) is 6.92 Å². The molecule has 3 heterocycles. The fraction of sp³-hybridized carbons (Fsp3) is 0.750. The summed E-state index contributed by atoms with van der Waals surface area (Å²) in [5.74, 6) is 2.27. The number of nitrogens with zero attached hydrogens (tertiary/aromatic N) is 1. The zero-order valence-corrected chi connectivity index (χ0v) is 24.3. The van der Waals surface area contributed by atoms with E-state index in [2.05, 4.69) is 49.9 Å². The highest BCUT2D eigenvalue weighted by molar-refractivity contribution is 8.23. The van der Waals surface area contributed by atoms with Crippen LogP contribution in [-0.2, 0) is 9.59 Å². The molecule has 5 nitrogen and oxygen atoms in total. The molecule has 3 rings (SSSR count). The number of thiocarbonyl (C=S) groups is 3. The van der Waals surface area contributed by atoms with Crippen LogP contribution in [-0.4, -0.2) is 57.8 Å². The van der Waals surface area contributed by atoms with Crippen molar-refractivity contribution in [1.29, 1.82) is 0 Å². The number of hydrogen-bond donors (Lipinski definition) is 2. The molecule has 0 saturated carbocycles. The monoisotopic (exact) mass is 543 g/mol. The molecule has 0 aliphatic carbocycles. The standard InChI is InChI=1S/C8H13NOS.2C5H9NS2.C2H3ClO/c1-6(10)9-7(11)4-5-8(9,2)3;2*1-5(2)3-8-4(7)6-5;1-2(3)4/h4-5H2,1-3H3;2*3H2,1-2H3,(H,6,7);1H3. The first-order chi connectivity index (χ1) is 13.9. The van der Waals surface area contributed by atoms with Gasteiger partial charge in [-0.2, -0.15) is 0 Å². The summed E-state index contributed by atoms with van der Waals surface area (Å²) in [6.07, 6.45) is 1.87. The van der Waals surface area contributed by atoms with Gasteiger partial charge in [-0.25, -0.2) is 0 Å². The smallest absolute Gasteiger partial charge is 0.224 e. The Morgan fingerprint density at radius 1 is 0.903 bits per heavy atom. The average Bonchev–Trinajstić information content (AvgIpc) is 3.14. The van der Waals surface area contributed by atoms with Crippen LogP contribution in [0.1, 0.15) is 68.2 Å². The van der Waals surface area contributed by atoms with E-state index in [0.29, 0.717) is 0 Å². The van der Waals surface area contributed by atoms with Crippen molar-refractivity contribution < 1.29 is 9.59 Å². The number of nitrogens with one attached hydrogen (secondary N) is 2. The number of carbonyl (C=O) groups is 2. The summed E-state index contributed by atoms with van der Waals surface area (Å²) in [4.78, 5) is 22.8. The van der Waals surface area contributed by atoms with E-state index < -0.39 is 0 Å². The van der Waals surface area contributed by atoms with Gasteiger partial charge in [0.15, 0.2) is 0 Å². The van der Waals surface area contributed by atoms with Gasteiger partial charge in [0.1, 0.15) is 8.64 Å². The summed E-state index contributed by atoms with van der Waals surface area (Å²) < 4.78 is 1.88. The maximum atomic E-state index is 11.1. The first kappa shape index (κ1) is 31.0. The van der Waals surface area contributed by atoms with E-state index in [-0.39, 0.29) is 27.8 Å². The largest absolute Gasteiger partial charge is 0.365 e. The lowest BCUT2D eigenvalue weighted by Crippen LogP contribution is -2.43. The van der Waals surface area contributed by atoms with E-state index in [9.17, 15) is 9.59 Å². The van der Waals surface area contributed by atoms with Crippen LogP contribution in [0.25, 0.3) is 0 Å². The van der Waals surface area contributed by atoms with Gasteiger partial charge in [-0.3, -0.25) is 9.59 Å². The van der Waals surface area contributed by atoms with Crippen LogP contribution in [0.3, 0.4) is 0 Å². The van der Waals surface area contributed by atoms with Gasteiger partial charge >= 0.3 is 0 Å². The van der Waals surface area contributed by atoms with E-state index in [1.54, 1.807) is 35.3 Å². The molecule has 1 amide bonds. The molecule has 0 aromatic heterocycles. The van der Waals surface area contributed by atoms with Gasteiger partial charge in [0.05, 0.1) is 4.99 Å². The van der Waals surface area contributed by atoms with Crippen molar-refractivity contribution in [3.05, 3.63) is 0 Å². The summed E-state index contributed by atoms with van der Waals surface area (Å²) in [5, 5.41) is 6.01. The van der Waals surface area contributed by atoms with Gasteiger partial charge in [0, 0.05) is 48.4 Å². The Hall–Kier alpha value is -0.000000000000000167. The maximum absolute atomic E-state index is 11.1. The Morgan fingerprint density at radius 3 is 1.35 bits per heavy atom. The first-order valence-electron chi connectivity index (χ1n) is 9.78. The lowest BCUT2D eigenvalue weighted by molar-refractivity contribution is -0.127. The third-order valence-electron chi connectivity index (χ3n) is 4.13. The molecule has 0 aromatic rings. The van der Waals surface area contributed by atoms with Crippen LogP contribution < -0.4 is 10.6 Å². The van der Waals surface area contributed by atoms with Crippen LogP contribution in [0.5, 0.6) is 0 Å². The fourth-order valence-corrected chi connectivity index (χ4v) is 5.97. The van der Waals surface area contributed by atoms with Crippen LogP contribution >= 0.6 is 71.8 Å². The molecule has 3 saturated heterocycles. The molecule has 0 radical (unpaired) electrons. The second-order valence-corrected chi connectivity index (χ2v) is 13.5. The van der Waals surface area contributed by atoms with Crippen molar-refractivity contribution in [3.8, 4) is 0 Å². The summed E-state index contributed by atoms with van der Waals surface area (Å²) in [6.45, 7) is 15.6. The zero-order chi connectivity index (χ0) is 24.6. The molecule has 0 atom stereocenters. The van der Waals surface area contributed by atoms with Gasteiger partial charge < -0.3 is 15.5 Å². The second kappa shape index (κ2) is 13.0.